The summed E-state index contributed by atoms with van der Waals surface area (Å²) in [6, 6.07) is 3.51. The standard InChI is InChI=1S/C19H14F3N5O2S/c20-11-2-1-3-23-16(11)15-10-25-17(30-15)19(29)27-6-4-26(5-7-27)18(28)14-8-12(21)13(22)9-24-14/h1-3,8-10H,4-7H2. The maximum atomic E-state index is 13.9. The van der Waals surface area contributed by atoms with Gasteiger partial charge in [-0.15, -0.1) is 11.3 Å². The summed E-state index contributed by atoms with van der Waals surface area (Å²) < 4.78 is 40.2. The molecule has 1 saturated heterocycles. The minimum absolute atomic E-state index is 0.128. The molecule has 4 rings (SSSR count). The minimum atomic E-state index is -1.15. The lowest BCUT2D eigenvalue weighted by atomic mass is 10.2. The molecule has 1 aliphatic heterocycles. The molecule has 0 spiro atoms. The van der Waals surface area contributed by atoms with E-state index in [2.05, 4.69) is 15.0 Å². The van der Waals surface area contributed by atoms with Crippen LogP contribution in [0.2, 0.25) is 0 Å². The van der Waals surface area contributed by atoms with Gasteiger partial charge in [-0.05, 0) is 12.1 Å². The fourth-order valence-corrected chi connectivity index (χ4v) is 3.87. The van der Waals surface area contributed by atoms with E-state index in [1.807, 2.05) is 0 Å². The number of thiazole rings is 1. The van der Waals surface area contributed by atoms with Crippen molar-refractivity contribution in [3.8, 4) is 10.6 Å². The van der Waals surface area contributed by atoms with Crippen molar-refractivity contribution in [3.63, 3.8) is 0 Å². The fraction of sp³-hybridized carbons (Fsp3) is 0.211. The molecule has 0 bridgehead atoms. The molecule has 2 amide bonds. The summed E-state index contributed by atoms with van der Waals surface area (Å²) >= 11 is 1.04. The SMILES string of the molecule is O=C(c1cc(F)c(F)cn1)N1CCN(C(=O)c2ncc(-c3ncccc3F)s2)CC1. The lowest BCUT2D eigenvalue weighted by molar-refractivity contribution is 0.0531. The average molecular weight is 433 g/mol. The smallest absolute Gasteiger partial charge is 0.282 e. The molecule has 0 atom stereocenters. The second-order valence-electron chi connectivity index (χ2n) is 6.43. The maximum Gasteiger partial charge on any atom is 0.282 e. The largest absolute Gasteiger partial charge is 0.334 e. The van der Waals surface area contributed by atoms with Crippen LogP contribution in [0.4, 0.5) is 13.2 Å². The molecule has 0 aromatic carbocycles. The van der Waals surface area contributed by atoms with Gasteiger partial charge in [-0.1, -0.05) is 0 Å². The Morgan fingerprint density at radius 1 is 0.867 bits per heavy atom. The molecule has 1 aliphatic rings. The van der Waals surface area contributed by atoms with E-state index in [1.165, 1.54) is 34.3 Å². The van der Waals surface area contributed by atoms with Gasteiger partial charge in [0.1, 0.15) is 17.2 Å². The third-order valence-corrected chi connectivity index (χ3v) is 5.55. The molecular weight excluding hydrogens is 419 g/mol. The Morgan fingerprint density at radius 3 is 2.23 bits per heavy atom. The summed E-state index contributed by atoms with van der Waals surface area (Å²) in [4.78, 5) is 40.2. The Hall–Kier alpha value is -3.34. The molecule has 3 aromatic heterocycles. The second kappa shape index (κ2) is 8.19. The number of pyridine rings is 2. The summed E-state index contributed by atoms with van der Waals surface area (Å²) in [5.74, 6) is -3.65. The minimum Gasteiger partial charge on any atom is -0.334 e. The summed E-state index contributed by atoms with van der Waals surface area (Å²) in [7, 11) is 0. The molecule has 7 nitrogen and oxygen atoms in total. The third kappa shape index (κ3) is 3.88. The average Bonchev–Trinajstić information content (AvgIpc) is 3.25. The van der Waals surface area contributed by atoms with Crippen LogP contribution in [0, 0.1) is 17.5 Å². The molecule has 3 aromatic rings. The van der Waals surface area contributed by atoms with Crippen LogP contribution in [-0.2, 0) is 0 Å². The number of amides is 2. The Balaban J connectivity index is 1.40. The Bertz CT molecular complexity index is 1120. The van der Waals surface area contributed by atoms with Gasteiger partial charge in [0.25, 0.3) is 11.8 Å². The van der Waals surface area contributed by atoms with Crippen LogP contribution >= 0.6 is 11.3 Å². The number of rotatable bonds is 3. The van der Waals surface area contributed by atoms with E-state index in [0.717, 1.165) is 17.4 Å². The number of piperazine rings is 1. The number of hydrogen-bond donors (Lipinski definition) is 0. The van der Waals surface area contributed by atoms with E-state index < -0.39 is 23.4 Å². The Labute approximate surface area is 172 Å². The van der Waals surface area contributed by atoms with Crippen LogP contribution < -0.4 is 0 Å². The normalized spacial score (nSPS) is 14.1. The van der Waals surface area contributed by atoms with Crippen LogP contribution in [0.1, 0.15) is 20.3 Å². The zero-order valence-corrected chi connectivity index (χ0v) is 16.2. The van der Waals surface area contributed by atoms with Gasteiger partial charge in [-0.2, -0.15) is 0 Å². The van der Waals surface area contributed by atoms with Gasteiger partial charge in [-0.3, -0.25) is 14.6 Å². The number of carbonyl (C=O) groups excluding carboxylic acids is 2. The van der Waals surface area contributed by atoms with Gasteiger partial charge >= 0.3 is 0 Å². The molecule has 154 valence electrons. The Kier molecular flexibility index (Phi) is 5.44. The molecule has 0 aliphatic carbocycles. The van der Waals surface area contributed by atoms with Crippen molar-refractivity contribution < 1.29 is 22.8 Å². The van der Waals surface area contributed by atoms with Gasteiger partial charge < -0.3 is 9.80 Å². The maximum absolute atomic E-state index is 13.9. The van der Waals surface area contributed by atoms with Crippen molar-refractivity contribution >= 4 is 23.2 Å². The van der Waals surface area contributed by atoms with E-state index in [-0.39, 0.29) is 48.5 Å². The summed E-state index contributed by atoms with van der Waals surface area (Å²) in [5, 5.41) is 0.192. The number of nitrogens with zero attached hydrogens (tertiary/aromatic N) is 5. The summed E-state index contributed by atoms with van der Waals surface area (Å²) in [6.07, 6.45) is 3.52. The van der Waals surface area contributed by atoms with Gasteiger partial charge in [0.15, 0.2) is 16.6 Å². The van der Waals surface area contributed by atoms with Crippen molar-refractivity contribution in [1.82, 2.24) is 24.8 Å². The first-order chi connectivity index (χ1) is 14.4. The lowest BCUT2D eigenvalue weighted by Crippen LogP contribution is -2.50. The van der Waals surface area contributed by atoms with Gasteiger partial charge in [0.05, 0.1) is 11.1 Å². The number of hydrogen-bond acceptors (Lipinski definition) is 6. The van der Waals surface area contributed by atoms with Crippen LogP contribution in [0.5, 0.6) is 0 Å². The number of halogens is 3. The first-order valence-electron chi connectivity index (χ1n) is 8.90. The highest BCUT2D eigenvalue weighted by atomic mass is 32.1. The Morgan fingerprint density at radius 2 is 1.57 bits per heavy atom. The van der Waals surface area contributed by atoms with E-state index in [1.54, 1.807) is 0 Å². The fourth-order valence-electron chi connectivity index (χ4n) is 2.99. The predicted molar refractivity (Wildman–Crippen MR) is 101 cm³/mol. The molecule has 0 radical (unpaired) electrons. The third-order valence-electron chi connectivity index (χ3n) is 4.56. The molecular formula is C19H14F3N5O2S. The monoisotopic (exact) mass is 433 g/mol. The predicted octanol–water partition coefficient (Wildman–Crippen LogP) is 2.62. The highest BCUT2D eigenvalue weighted by Crippen LogP contribution is 2.27. The van der Waals surface area contributed by atoms with Gasteiger partial charge in [-0.25, -0.2) is 23.1 Å². The molecule has 0 N–H and O–H groups in total. The molecule has 1 fully saturated rings. The molecule has 11 heteroatoms. The summed E-state index contributed by atoms with van der Waals surface area (Å²) in [6.45, 7) is 0.888. The quantitative estimate of drug-likeness (QED) is 0.635. The van der Waals surface area contributed by atoms with Crippen molar-refractivity contribution in [2.45, 2.75) is 0 Å². The number of carbonyl (C=O) groups is 2. The van der Waals surface area contributed by atoms with Crippen molar-refractivity contribution in [1.29, 1.82) is 0 Å². The zero-order valence-electron chi connectivity index (χ0n) is 15.4. The van der Waals surface area contributed by atoms with E-state index in [0.29, 0.717) is 11.1 Å². The molecule has 30 heavy (non-hydrogen) atoms. The molecule has 4 heterocycles. The van der Waals surface area contributed by atoms with Gasteiger partial charge in [0.2, 0.25) is 0 Å². The van der Waals surface area contributed by atoms with E-state index in [4.69, 9.17) is 0 Å². The van der Waals surface area contributed by atoms with Crippen LogP contribution in [0.25, 0.3) is 10.6 Å². The number of aromatic nitrogens is 3. The zero-order chi connectivity index (χ0) is 21.3. The van der Waals surface area contributed by atoms with Crippen molar-refractivity contribution in [2.75, 3.05) is 26.2 Å². The molecule has 0 saturated carbocycles. The topological polar surface area (TPSA) is 79.3 Å². The van der Waals surface area contributed by atoms with E-state index >= 15 is 0 Å². The molecule has 0 unspecified atom stereocenters. The van der Waals surface area contributed by atoms with Crippen LogP contribution in [-0.4, -0.2) is 62.7 Å². The highest BCUT2D eigenvalue weighted by Gasteiger charge is 2.28. The first kappa shape index (κ1) is 20.0. The second-order valence-corrected chi connectivity index (χ2v) is 7.46. The van der Waals surface area contributed by atoms with E-state index in [9.17, 15) is 22.8 Å². The van der Waals surface area contributed by atoms with Crippen LogP contribution in [0.15, 0.2) is 36.8 Å². The van der Waals surface area contributed by atoms with Crippen molar-refractivity contribution in [3.05, 3.63) is 64.9 Å². The highest BCUT2D eigenvalue weighted by molar-refractivity contribution is 7.16. The first-order valence-corrected chi connectivity index (χ1v) is 9.72. The van der Waals surface area contributed by atoms with Crippen LogP contribution in [0.3, 0.4) is 0 Å². The lowest BCUT2D eigenvalue weighted by Gasteiger charge is -2.34. The van der Waals surface area contributed by atoms with Gasteiger partial charge in [0, 0.05) is 44.6 Å². The summed E-state index contributed by atoms with van der Waals surface area (Å²) in [5.41, 5.74) is -0.0703. The van der Waals surface area contributed by atoms with Crippen molar-refractivity contribution in [2.24, 2.45) is 0 Å².